The first kappa shape index (κ1) is 15.3. The SMILES string of the molecule is CCCCN(CCO)CC1(CS)CCCCC1. The molecule has 1 rings (SSSR count). The Morgan fingerprint density at radius 2 is 1.88 bits per heavy atom. The van der Waals surface area contributed by atoms with Gasteiger partial charge in [0.2, 0.25) is 0 Å². The Labute approximate surface area is 112 Å². The second-order valence-corrected chi connectivity index (χ2v) is 5.89. The fourth-order valence-electron chi connectivity index (χ4n) is 2.94. The lowest BCUT2D eigenvalue weighted by molar-refractivity contribution is 0.107. The van der Waals surface area contributed by atoms with Gasteiger partial charge in [0, 0.05) is 13.1 Å². The van der Waals surface area contributed by atoms with Crippen LogP contribution < -0.4 is 0 Å². The number of aliphatic hydroxyl groups is 1. The van der Waals surface area contributed by atoms with Gasteiger partial charge in [0.25, 0.3) is 0 Å². The third-order valence-corrected chi connectivity index (χ3v) is 4.72. The highest BCUT2D eigenvalue weighted by molar-refractivity contribution is 7.80. The molecular formula is C14H29NOS. The van der Waals surface area contributed by atoms with Crippen molar-refractivity contribution in [3.8, 4) is 0 Å². The number of unbranched alkanes of at least 4 members (excludes halogenated alkanes) is 1. The highest BCUT2D eigenvalue weighted by Crippen LogP contribution is 2.38. The zero-order valence-electron chi connectivity index (χ0n) is 11.3. The van der Waals surface area contributed by atoms with Crippen molar-refractivity contribution in [2.75, 3.05) is 32.0 Å². The predicted molar refractivity (Wildman–Crippen MR) is 77.8 cm³/mol. The van der Waals surface area contributed by atoms with Crippen molar-refractivity contribution in [1.82, 2.24) is 4.90 Å². The maximum absolute atomic E-state index is 9.16. The highest BCUT2D eigenvalue weighted by atomic mass is 32.1. The molecule has 0 amide bonds. The van der Waals surface area contributed by atoms with Gasteiger partial charge < -0.3 is 10.0 Å². The van der Waals surface area contributed by atoms with Crippen molar-refractivity contribution in [3.05, 3.63) is 0 Å². The summed E-state index contributed by atoms with van der Waals surface area (Å²) in [5.74, 6) is 1.00. The van der Waals surface area contributed by atoms with Gasteiger partial charge in [-0.2, -0.15) is 12.6 Å². The number of hydrogen-bond acceptors (Lipinski definition) is 3. The minimum absolute atomic E-state index is 0.284. The maximum Gasteiger partial charge on any atom is 0.0558 e. The molecular weight excluding hydrogens is 230 g/mol. The van der Waals surface area contributed by atoms with Crippen LogP contribution in [0.1, 0.15) is 51.9 Å². The molecule has 0 aromatic heterocycles. The van der Waals surface area contributed by atoms with E-state index in [2.05, 4.69) is 24.5 Å². The number of nitrogens with zero attached hydrogens (tertiary/aromatic N) is 1. The van der Waals surface area contributed by atoms with E-state index in [4.69, 9.17) is 5.11 Å². The molecule has 0 spiro atoms. The van der Waals surface area contributed by atoms with E-state index in [0.717, 1.165) is 25.4 Å². The smallest absolute Gasteiger partial charge is 0.0558 e. The number of aliphatic hydroxyl groups excluding tert-OH is 1. The van der Waals surface area contributed by atoms with E-state index >= 15 is 0 Å². The molecule has 1 fully saturated rings. The van der Waals surface area contributed by atoms with Crippen LogP contribution in [0.4, 0.5) is 0 Å². The molecule has 3 heteroatoms. The first-order valence-corrected chi connectivity index (χ1v) is 7.83. The van der Waals surface area contributed by atoms with E-state index in [1.165, 1.54) is 44.9 Å². The van der Waals surface area contributed by atoms with Crippen molar-refractivity contribution in [2.24, 2.45) is 5.41 Å². The van der Waals surface area contributed by atoms with Gasteiger partial charge in [-0.1, -0.05) is 32.6 Å². The lowest BCUT2D eigenvalue weighted by Crippen LogP contribution is -2.42. The summed E-state index contributed by atoms with van der Waals surface area (Å²) in [7, 11) is 0. The molecule has 0 aromatic rings. The zero-order chi connectivity index (χ0) is 12.6. The Balaban J connectivity index is 2.48. The van der Waals surface area contributed by atoms with Crippen LogP contribution in [-0.4, -0.2) is 42.0 Å². The molecule has 0 saturated heterocycles. The summed E-state index contributed by atoms with van der Waals surface area (Å²) in [4.78, 5) is 2.45. The summed E-state index contributed by atoms with van der Waals surface area (Å²) < 4.78 is 0. The van der Waals surface area contributed by atoms with E-state index in [1.54, 1.807) is 0 Å². The minimum Gasteiger partial charge on any atom is -0.395 e. The number of thiol groups is 1. The van der Waals surface area contributed by atoms with E-state index in [-0.39, 0.29) is 6.61 Å². The Morgan fingerprint density at radius 3 is 2.41 bits per heavy atom. The van der Waals surface area contributed by atoms with Crippen LogP contribution in [0.15, 0.2) is 0 Å². The summed E-state index contributed by atoms with van der Waals surface area (Å²) in [6.07, 6.45) is 9.24. The van der Waals surface area contributed by atoms with E-state index in [9.17, 15) is 0 Å². The van der Waals surface area contributed by atoms with Crippen LogP contribution in [0.25, 0.3) is 0 Å². The molecule has 0 radical (unpaired) electrons. The second-order valence-electron chi connectivity index (χ2n) is 5.57. The normalized spacial score (nSPS) is 19.8. The molecule has 0 heterocycles. The molecule has 1 saturated carbocycles. The Hall–Kier alpha value is 0.270. The van der Waals surface area contributed by atoms with Crippen LogP contribution >= 0.6 is 12.6 Å². The average Bonchev–Trinajstić information content (AvgIpc) is 2.37. The van der Waals surface area contributed by atoms with E-state index in [0.29, 0.717) is 5.41 Å². The largest absolute Gasteiger partial charge is 0.395 e. The summed E-state index contributed by atoms with van der Waals surface area (Å²) >= 11 is 4.59. The molecule has 0 aromatic carbocycles. The molecule has 0 bridgehead atoms. The van der Waals surface area contributed by atoms with Gasteiger partial charge in [-0.25, -0.2) is 0 Å². The van der Waals surface area contributed by atoms with Crippen molar-refractivity contribution in [1.29, 1.82) is 0 Å². The molecule has 1 N–H and O–H groups in total. The monoisotopic (exact) mass is 259 g/mol. The minimum atomic E-state index is 0.284. The van der Waals surface area contributed by atoms with Gasteiger partial charge in [0.05, 0.1) is 6.61 Å². The number of hydrogen-bond donors (Lipinski definition) is 2. The Kier molecular flexibility index (Phi) is 7.56. The van der Waals surface area contributed by atoms with Crippen molar-refractivity contribution >= 4 is 12.6 Å². The molecule has 0 unspecified atom stereocenters. The van der Waals surface area contributed by atoms with Gasteiger partial charge in [0.1, 0.15) is 0 Å². The lowest BCUT2D eigenvalue weighted by Gasteiger charge is -2.40. The second kappa shape index (κ2) is 8.39. The standard InChI is InChI=1S/C14H29NOS/c1-2-3-9-15(10-11-16)12-14(13-17)7-5-4-6-8-14/h16-17H,2-13H2,1H3. The molecule has 1 aliphatic carbocycles. The van der Waals surface area contributed by atoms with Gasteiger partial charge in [-0.15, -0.1) is 0 Å². The highest BCUT2D eigenvalue weighted by Gasteiger charge is 2.32. The van der Waals surface area contributed by atoms with E-state index < -0.39 is 0 Å². The zero-order valence-corrected chi connectivity index (χ0v) is 12.2. The first-order chi connectivity index (χ1) is 8.26. The van der Waals surface area contributed by atoms with Crippen molar-refractivity contribution in [3.63, 3.8) is 0 Å². The lowest BCUT2D eigenvalue weighted by atomic mass is 9.75. The van der Waals surface area contributed by atoms with Crippen LogP contribution in [0, 0.1) is 5.41 Å². The molecule has 1 aliphatic rings. The summed E-state index contributed by atoms with van der Waals surface area (Å²) in [5.41, 5.74) is 0.421. The molecule has 102 valence electrons. The average molecular weight is 259 g/mol. The predicted octanol–water partition coefficient (Wildman–Crippen LogP) is 2.96. The summed E-state index contributed by atoms with van der Waals surface area (Å²) in [6.45, 7) is 5.61. The molecule has 0 atom stereocenters. The first-order valence-electron chi connectivity index (χ1n) is 7.20. The molecule has 17 heavy (non-hydrogen) atoms. The fourth-order valence-corrected chi connectivity index (χ4v) is 3.35. The van der Waals surface area contributed by atoms with Crippen LogP contribution in [0.5, 0.6) is 0 Å². The quantitative estimate of drug-likeness (QED) is 0.655. The van der Waals surface area contributed by atoms with Gasteiger partial charge >= 0.3 is 0 Å². The Morgan fingerprint density at radius 1 is 1.18 bits per heavy atom. The van der Waals surface area contributed by atoms with E-state index in [1.807, 2.05) is 0 Å². The van der Waals surface area contributed by atoms with Gasteiger partial charge in [-0.3, -0.25) is 0 Å². The number of rotatable bonds is 8. The third-order valence-electron chi connectivity index (χ3n) is 4.05. The Bertz CT molecular complexity index is 193. The topological polar surface area (TPSA) is 23.5 Å². The van der Waals surface area contributed by atoms with Crippen molar-refractivity contribution < 1.29 is 5.11 Å². The van der Waals surface area contributed by atoms with Crippen molar-refractivity contribution in [2.45, 2.75) is 51.9 Å². The van der Waals surface area contributed by atoms with Gasteiger partial charge in [0.15, 0.2) is 0 Å². The fraction of sp³-hybridized carbons (Fsp3) is 1.00. The summed E-state index contributed by atoms with van der Waals surface area (Å²) in [6, 6.07) is 0. The van der Waals surface area contributed by atoms with Crippen LogP contribution in [0.3, 0.4) is 0 Å². The van der Waals surface area contributed by atoms with Gasteiger partial charge in [-0.05, 0) is 37.0 Å². The van der Waals surface area contributed by atoms with Crippen LogP contribution in [-0.2, 0) is 0 Å². The summed E-state index contributed by atoms with van der Waals surface area (Å²) in [5, 5.41) is 9.16. The third kappa shape index (κ3) is 5.19. The maximum atomic E-state index is 9.16. The molecule has 2 nitrogen and oxygen atoms in total. The van der Waals surface area contributed by atoms with Crippen LogP contribution in [0.2, 0.25) is 0 Å². The molecule has 0 aliphatic heterocycles.